The van der Waals surface area contributed by atoms with Crippen molar-refractivity contribution in [3.63, 3.8) is 0 Å². The van der Waals surface area contributed by atoms with Gasteiger partial charge >= 0.3 is 12.2 Å². The summed E-state index contributed by atoms with van der Waals surface area (Å²) >= 11 is 0. The van der Waals surface area contributed by atoms with Crippen LogP contribution in [0.15, 0.2) is 24.3 Å². The molecule has 0 radical (unpaired) electrons. The Balaban J connectivity index is 2.23. The lowest BCUT2D eigenvalue weighted by atomic mass is 10.0. The standard InChI is InChI=1S/C12H14F3N3O/c13-12(14,15)9-3-1-8(2-4-9)10-7-17-5-6-18(10)11(16)19/h1-4,10,17H,5-7H2,(H2,16,19). The molecule has 1 unspecified atom stereocenters. The Hall–Kier alpha value is -1.76. The van der Waals surface area contributed by atoms with Gasteiger partial charge in [-0.25, -0.2) is 4.79 Å². The Morgan fingerprint density at radius 3 is 2.47 bits per heavy atom. The van der Waals surface area contributed by atoms with E-state index in [4.69, 9.17) is 5.73 Å². The Kier molecular flexibility index (Phi) is 3.66. The van der Waals surface area contributed by atoms with Crippen LogP contribution in [0.1, 0.15) is 17.2 Å². The maximum absolute atomic E-state index is 12.5. The van der Waals surface area contributed by atoms with Crippen molar-refractivity contribution in [3.8, 4) is 0 Å². The number of nitrogens with one attached hydrogen (secondary N) is 1. The summed E-state index contributed by atoms with van der Waals surface area (Å²) in [4.78, 5) is 12.8. The molecular weight excluding hydrogens is 259 g/mol. The third-order valence-electron chi connectivity index (χ3n) is 3.15. The van der Waals surface area contributed by atoms with Crippen LogP contribution >= 0.6 is 0 Å². The number of piperazine rings is 1. The van der Waals surface area contributed by atoms with Gasteiger partial charge in [0.2, 0.25) is 0 Å². The molecule has 1 aliphatic heterocycles. The first-order chi connectivity index (χ1) is 8.89. The van der Waals surface area contributed by atoms with E-state index in [0.717, 1.165) is 12.1 Å². The van der Waals surface area contributed by atoms with Gasteiger partial charge < -0.3 is 16.0 Å². The van der Waals surface area contributed by atoms with E-state index >= 15 is 0 Å². The van der Waals surface area contributed by atoms with Crippen molar-refractivity contribution in [2.75, 3.05) is 19.6 Å². The quantitative estimate of drug-likeness (QED) is 0.818. The second kappa shape index (κ2) is 5.08. The fourth-order valence-corrected chi connectivity index (χ4v) is 2.16. The Morgan fingerprint density at radius 1 is 1.32 bits per heavy atom. The molecule has 1 aromatic carbocycles. The van der Waals surface area contributed by atoms with Crippen LogP contribution in [0.25, 0.3) is 0 Å². The number of nitrogens with two attached hydrogens (primary N) is 1. The van der Waals surface area contributed by atoms with Gasteiger partial charge in [0.25, 0.3) is 0 Å². The van der Waals surface area contributed by atoms with Crippen LogP contribution in [-0.2, 0) is 6.18 Å². The second-order valence-electron chi connectivity index (χ2n) is 4.37. The number of nitrogens with zero attached hydrogens (tertiary/aromatic N) is 1. The average Bonchev–Trinajstić information content (AvgIpc) is 2.38. The molecule has 104 valence electrons. The van der Waals surface area contributed by atoms with Gasteiger partial charge in [-0.15, -0.1) is 0 Å². The van der Waals surface area contributed by atoms with Gasteiger partial charge in [-0.2, -0.15) is 13.2 Å². The van der Waals surface area contributed by atoms with Crippen LogP contribution in [0.5, 0.6) is 0 Å². The minimum absolute atomic E-state index is 0.325. The molecule has 2 rings (SSSR count). The smallest absolute Gasteiger partial charge is 0.351 e. The van der Waals surface area contributed by atoms with Crippen molar-refractivity contribution in [3.05, 3.63) is 35.4 Å². The molecule has 3 N–H and O–H groups in total. The third-order valence-corrected chi connectivity index (χ3v) is 3.15. The molecule has 4 nitrogen and oxygen atoms in total. The monoisotopic (exact) mass is 273 g/mol. The van der Waals surface area contributed by atoms with E-state index in [1.54, 1.807) is 0 Å². The summed E-state index contributed by atoms with van der Waals surface area (Å²) in [6.45, 7) is 1.55. The predicted octanol–water partition coefficient (Wildman–Crippen LogP) is 1.73. The van der Waals surface area contributed by atoms with E-state index in [1.165, 1.54) is 17.0 Å². The first-order valence-electron chi connectivity index (χ1n) is 5.83. The SMILES string of the molecule is NC(=O)N1CCNCC1c1ccc(C(F)(F)F)cc1. The lowest BCUT2D eigenvalue weighted by Crippen LogP contribution is -2.50. The summed E-state index contributed by atoms with van der Waals surface area (Å²) in [5, 5.41) is 3.09. The molecule has 19 heavy (non-hydrogen) atoms. The number of halogens is 3. The molecule has 0 aromatic heterocycles. The van der Waals surface area contributed by atoms with Crippen molar-refractivity contribution < 1.29 is 18.0 Å². The van der Waals surface area contributed by atoms with Crippen LogP contribution in [-0.4, -0.2) is 30.6 Å². The fraction of sp³-hybridized carbons (Fsp3) is 0.417. The van der Waals surface area contributed by atoms with Crippen LogP contribution < -0.4 is 11.1 Å². The van der Waals surface area contributed by atoms with Gasteiger partial charge in [-0.3, -0.25) is 0 Å². The number of carbonyl (C=O) groups is 1. The van der Waals surface area contributed by atoms with E-state index in [2.05, 4.69) is 5.32 Å². The third kappa shape index (κ3) is 2.98. The Bertz CT molecular complexity index is 458. The van der Waals surface area contributed by atoms with E-state index in [0.29, 0.717) is 25.2 Å². The van der Waals surface area contributed by atoms with Crippen molar-refractivity contribution in [1.82, 2.24) is 10.2 Å². The van der Waals surface area contributed by atoms with E-state index in [9.17, 15) is 18.0 Å². The summed E-state index contributed by atoms with van der Waals surface area (Å²) in [6.07, 6.45) is -4.35. The summed E-state index contributed by atoms with van der Waals surface area (Å²) in [5.74, 6) is 0. The minimum atomic E-state index is -4.35. The number of urea groups is 1. The zero-order valence-corrected chi connectivity index (χ0v) is 10.1. The van der Waals surface area contributed by atoms with Crippen molar-refractivity contribution in [2.24, 2.45) is 5.73 Å². The summed E-state index contributed by atoms with van der Waals surface area (Å²) in [5.41, 5.74) is 5.21. The number of alkyl halides is 3. The Labute approximate surface area is 108 Å². The van der Waals surface area contributed by atoms with Crippen LogP contribution in [0.3, 0.4) is 0 Å². The van der Waals surface area contributed by atoms with E-state index in [-0.39, 0.29) is 6.04 Å². The normalized spacial score (nSPS) is 20.4. The zero-order chi connectivity index (χ0) is 14.0. The summed E-state index contributed by atoms with van der Waals surface area (Å²) in [6, 6.07) is 3.92. The van der Waals surface area contributed by atoms with Gasteiger partial charge in [0.15, 0.2) is 0 Å². The lowest BCUT2D eigenvalue weighted by molar-refractivity contribution is -0.137. The number of amides is 2. The minimum Gasteiger partial charge on any atom is -0.351 e. The number of primary amides is 1. The molecule has 7 heteroatoms. The lowest BCUT2D eigenvalue weighted by Gasteiger charge is -2.35. The van der Waals surface area contributed by atoms with Crippen LogP contribution in [0, 0.1) is 0 Å². The van der Waals surface area contributed by atoms with Gasteiger partial charge in [-0.1, -0.05) is 12.1 Å². The molecule has 1 aromatic rings. The van der Waals surface area contributed by atoms with Gasteiger partial charge in [0.05, 0.1) is 11.6 Å². The van der Waals surface area contributed by atoms with Crippen molar-refractivity contribution >= 4 is 6.03 Å². The molecule has 1 heterocycles. The number of benzene rings is 1. The number of rotatable bonds is 1. The summed E-state index contributed by atoms with van der Waals surface area (Å²) < 4.78 is 37.4. The highest BCUT2D eigenvalue weighted by atomic mass is 19.4. The molecule has 2 amide bonds. The highest BCUT2D eigenvalue weighted by molar-refractivity contribution is 5.72. The molecule has 1 aliphatic rings. The first-order valence-corrected chi connectivity index (χ1v) is 5.83. The molecule has 0 spiro atoms. The first kappa shape index (κ1) is 13.7. The number of hydrogen-bond donors (Lipinski definition) is 2. The topological polar surface area (TPSA) is 58.4 Å². The molecule has 0 bridgehead atoms. The van der Waals surface area contributed by atoms with Gasteiger partial charge in [0.1, 0.15) is 0 Å². The zero-order valence-electron chi connectivity index (χ0n) is 10.1. The molecule has 1 fully saturated rings. The molecule has 1 saturated heterocycles. The Morgan fingerprint density at radius 2 is 1.95 bits per heavy atom. The highest BCUT2D eigenvalue weighted by Gasteiger charge is 2.31. The van der Waals surface area contributed by atoms with Crippen LogP contribution in [0.4, 0.5) is 18.0 Å². The van der Waals surface area contributed by atoms with E-state index in [1.807, 2.05) is 0 Å². The van der Waals surface area contributed by atoms with E-state index < -0.39 is 17.8 Å². The van der Waals surface area contributed by atoms with Crippen LogP contribution in [0.2, 0.25) is 0 Å². The van der Waals surface area contributed by atoms with Gasteiger partial charge in [0, 0.05) is 19.6 Å². The average molecular weight is 273 g/mol. The molecule has 0 saturated carbocycles. The second-order valence-corrected chi connectivity index (χ2v) is 4.37. The molecule has 1 atom stereocenters. The number of carbonyl (C=O) groups excluding carboxylic acids is 1. The maximum Gasteiger partial charge on any atom is 0.416 e. The van der Waals surface area contributed by atoms with Crippen molar-refractivity contribution in [2.45, 2.75) is 12.2 Å². The van der Waals surface area contributed by atoms with Gasteiger partial charge in [-0.05, 0) is 17.7 Å². The summed E-state index contributed by atoms with van der Waals surface area (Å²) in [7, 11) is 0. The number of hydrogen-bond acceptors (Lipinski definition) is 2. The van der Waals surface area contributed by atoms with Crippen molar-refractivity contribution in [1.29, 1.82) is 0 Å². The molecular formula is C12H14F3N3O. The maximum atomic E-state index is 12.5. The predicted molar refractivity (Wildman–Crippen MR) is 63.3 cm³/mol. The molecule has 0 aliphatic carbocycles. The largest absolute Gasteiger partial charge is 0.416 e. The fourth-order valence-electron chi connectivity index (χ4n) is 2.16. The highest BCUT2D eigenvalue weighted by Crippen LogP contribution is 2.31.